The molecule has 0 amide bonds. The van der Waals surface area contributed by atoms with Gasteiger partial charge in [-0.1, -0.05) is 44.2 Å². The van der Waals surface area contributed by atoms with E-state index in [1.807, 2.05) is 61.5 Å². The maximum absolute atomic E-state index is 6.44. The third-order valence-corrected chi connectivity index (χ3v) is 6.53. The highest BCUT2D eigenvalue weighted by atomic mass is 16.5. The minimum atomic E-state index is 0.241. The fraction of sp³-hybridized carbons (Fsp3) is 0.312. The van der Waals surface area contributed by atoms with E-state index < -0.39 is 0 Å². The lowest BCUT2D eigenvalue weighted by atomic mass is 10.1. The normalized spacial score (nSPS) is 12.1. The zero-order valence-electron chi connectivity index (χ0n) is 23.9. The Labute approximate surface area is 236 Å². The van der Waals surface area contributed by atoms with E-state index in [1.165, 1.54) is 0 Å². The van der Waals surface area contributed by atoms with Crippen LogP contribution in [0.2, 0.25) is 0 Å². The number of para-hydroxylation sites is 1. The molecule has 0 aliphatic heterocycles. The second-order valence-corrected chi connectivity index (χ2v) is 9.62. The van der Waals surface area contributed by atoms with Crippen LogP contribution in [0.1, 0.15) is 37.8 Å². The molecule has 0 radical (unpaired) electrons. The summed E-state index contributed by atoms with van der Waals surface area (Å²) in [5.41, 5.74) is 11.1. The number of furan rings is 1. The van der Waals surface area contributed by atoms with Crippen molar-refractivity contribution in [1.82, 2.24) is 4.90 Å². The molecule has 3 N–H and O–H groups in total. The van der Waals surface area contributed by atoms with Crippen molar-refractivity contribution in [2.24, 2.45) is 15.7 Å². The molecule has 1 heterocycles. The first-order valence-corrected chi connectivity index (χ1v) is 13.7. The smallest absolute Gasteiger partial charge is 0.233 e. The molecule has 0 fully saturated rings. The highest BCUT2D eigenvalue weighted by molar-refractivity contribution is 6.08. The number of methoxy groups -OCH3 is 1. The molecule has 0 aliphatic carbocycles. The number of guanidine groups is 2. The quantitative estimate of drug-likeness (QED) is 0.123. The Bertz CT molecular complexity index is 1520. The predicted molar refractivity (Wildman–Crippen MR) is 165 cm³/mol. The number of rotatable bonds is 11. The Hall–Kier alpha value is -4.46. The zero-order chi connectivity index (χ0) is 28.5. The number of nitrogens with zero attached hydrogens (tertiary/aromatic N) is 3. The van der Waals surface area contributed by atoms with E-state index in [0.717, 1.165) is 70.4 Å². The molecule has 3 aromatic carbocycles. The van der Waals surface area contributed by atoms with Gasteiger partial charge in [-0.2, -0.15) is 9.98 Å². The van der Waals surface area contributed by atoms with Crippen LogP contribution in [0.4, 0.5) is 5.69 Å². The number of anilines is 1. The van der Waals surface area contributed by atoms with Crippen LogP contribution in [-0.2, 0) is 11.2 Å². The lowest BCUT2D eigenvalue weighted by Crippen LogP contribution is -2.39. The largest absolute Gasteiger partial charge is 0.496 e. The van der Waals surface area contributed by atoms with Gasteiger partial charge in [0.1, 0.15) is 16.9 Å². The Balaban J connectivity index is 1.56. The van der Waals surface area contributed by atoms with E-state index in [1.54, 1.807) is 7.11 Å². The van der Waals surface area contributed by atoms with Crippen LogP contribution in [0.5, 0.6) is 5.75 Å². The van der Waals surface area contributed by atoms with E-state index in [2.05, 4.69) is 46.7 Å². The van der Waals surface area contributed by atoms with E-state index in [0.29, 0.717) is 24.9 Å². The molecule has 210 valence electrons. The second kappa shape index (κ2) is 13.6. The van der Waals surface area contributed by atoms with Crippen molar-refractivity contribution in [2.75, 3.05) is 32.1 Å². The van der Waals surface area contributed by atoms with Crippen molar-refractivity contribution in [1.29, 1.82) is 0 Å². The fourth-order valence-corrected chi connectivity index (χ4v) is 4.53. The molecular weight excluding hydrogens is 502 g/mol. The molecular formula is C32H39N5O3. The van der Waals surface area contributed by atoms with Gasteiger partial charge >= 0.3 is 0 Å². The van der Waals surface area contributed by atoms with Crippen LogP contribution in [0.15, 0.2) is 87.5 Å². The van der Waals surface area contributed by atoms with Gasteiger partial charge in [0, 0.05) is 36.0 Å². The fourth-order valence-electron chi connectivity index (χ4n) is 4.53. The average molecular weight is 542 g/mol. The summed E-state index contributed by atoms with van der Waals surface area (Å²) in [6, 6.07) is 20.0. The van der Waals surface area contributed by atoms with Crippen molar-refractivity contribution in [3.05, 3.63) is 84.3 Å². The summed E-state index contributed by atoms with van der Waals surface area (Å²) >= 11 is 0. The van der Waals surface area contributed by atoms with E-state index in [9.17, 15) is 0 Å². The number of nitrogens with one attached hydrogen (secondary N) is 1. The van der Waals surface area contributed by atoms with Gasteiger partial charge in [0.25, 0.3) is 0 Å². The van der Waals surface area contributed by atoms with Crippen LogP contribution in [0.3, 0.4) is 0 Å². The van der Waals surface area contributed by atoms with Crippen LogP contribution in [0, 0.1) is 6.92 Å². The number of fused-ring (bicyclic) bond motifs is 3. The van der Waals surface area contributed by atoms with Crippen molar-refractivity contribution in [3.63, 3.8) is 0 Å². The van der Waals surface area contributed by atoms with Gasteiger partial charge in [0.05, 0.1) is 13.7 Å². The van der Waals surface area contributed by atoms with Crippen LogP contribution < -0.4 is 15.8 Å². The summed E-state index contributed by atoms with van der Waals surface area (Å²) in [6.45, 7) is 12.3. The first-order chi connectivity index (χ1) is 19.4. The highest BCUT2D eigenvalue weighted by Gasteiger charge is 2.11. The number of aryl methyl sites for hydroxylation is 1. The zero-order valence-corrected chi connectivity index (χ0v) is 23.9. The molecule has 8 nitrogen and oxygen atoms in total. The molecule has 8 heteroatoms. The minimum absolute atomic E-state index is 0.241. The first kappa shape index (κ1) is 28.5. The number of aliphatic imine (C=N–C) groups is 2. The van der Waals surface area contributed by atoms with E-state index in [-0.39, 0.29) is 5.88 Å². The Morgan fingerprint density at radius 2 is 1.73 bits per heavy atom. The molecule has 1 aromatic heterocycles. The van der Waals surface area contributed by atoms with E-state index in [4.69, 9.17) is 19.6 Å². The van der Waals surface area contributed by atoms with Gasteiger partial charge < -0.3 is 29.8 Å². The summed E-state index contributed by atoms with van der Waals surface area (Å²) < 4.78 is 17.3. The number of nitrogens with two attached hydrogens (primary N) is 1. The third-order valence-electron chi connectivity index (χ3n) is 6.53. The minimum Gasteiger partial charge on any atom is -0.496 e. The molecule has 4 aromatic rings. The van der Waals surface area contributed by atoms with Gasteiger partial charge in [-0.3, -0.25) is 0 Å². The van der Waals surface area contributed by atoms with Crippen LogP contribution in [-0.4, -0.2) is 43.6 Å². The van der Waals surface area contributed by atoms with Gasteiger partial charge in [0.15, 0.2) is 5.96 Å². The molecule has 0 aliphatic rings. The molecule has 0 spiro atoms. The molecule has 0 saturated heterocycles. The van der Waals surface area contributed by atoms with Crippen LogP contribution >= 0.6 is 0 Å². The Kier molecular flexibility index (Phi) is 9.67. The van der Waals surface area contributed by atoms with Gasteiger partial charge in [-0.25, -0.2) is 0 Å². The van der Waals surface area contributed by atoms with Crippen molar-refractivity contribution in [3.8, 4) is 5.75 Å². The summed E-state index contributed by atoms with van der Waals surface area (Å²) in [5, 5.41) is 5.35. The molecule has 0 unspecified atom stereocenters. The average Bonchev–Trinajstić information content (AvgIpc) is 3.31. The van der Waals surface area contributed by atoms with Crippen LogP contribution in [0.25, 0.3) is 21.9 Å². The number of hydrogen-bond acceptors (Lipinski definition) is 4. The summed E-state index contributed by atoms with van der Waals surface area (Å²) in [7, 11) is 1.68. The van der Waals surface area contributed by atoms with Crippen molar-refractivity contribution < 1.29 is 13.9 Å². The highest BCUT2D eigenvalue weighted by Crippen LogP contribution is 2.30. The van der Waals surface area contributed by atoms with Crippen molar-refractivity contribution in [2.45, 2.75) is 40.0 Å². The summed E-state index contributed by atoms with van der Waals surface area (Å²) in [6.07, 6.45) is 2.60. The number of ether oxygens (including phenoxy) is 2. The topological polar surface area (TPSA) is 97.6 Å². The van der Waals surface area contributed by atoms with Crippen molar-refractivity contribution >= 4 is 39.5 Å². The third kappa shape index (κ3) is 7.14. The first-order valence-electron chi connectivity index (χ1n) is 13.7. The lowest BCUT2D eigenvalue weighted by Gasteiger charge is -2.22. The maximum atomic E-state index is 6.44. The molecule has 40 heavy (non-hydrogen) atoms. The van der Waals surface area contributed by atoms with Gasteiger partial charge in [-0.05, 0) is 67.8 Å². The monoisotopic (exact) mass is 541 g/mol. The molecule has 0 bridgehead atoms. The molecule has 0 atom stereocenters. The summed E-state index contributed by atoms with van der Waals surface area (Å²) in [5.74, 6) is 1.79. The lowest BCUT2D eigenvalue weighted by molar-refractivity contribution is 0.215. The predicted octanol–water partition coefficient (Wildman–Crippen LogP) is 6.84. The number of hydrogen-bond donors (Lipinski definition) is 2. The molecule has 0 saturated carbocycles. The Morgan fingerprint density at radius 3 is 2.48 bits per heavy atom. The second-order valence-electron chi connectivity index (χ2n) is 9.62. The maximum Gasteiger partial charge on any atom is 0.233 e. The Morgan fingerprint density at radius 1 is 0.975 bits per heavy atom. The van der Waals surface area contributed by atoms with Gasteiger partial charge in [0.2, 0.25) is 11.8 Å². The number of benzene rings is 3. The SMILES string of the molecule is C=C(/N=C(\N=C(/N)N(CCC)CCC)Nc1ccc2oc3ccccc3c2c1)OCCc1ccc(C)c(OC)c1. The van der Waals surface area contributed by atoms with E-state index >= 15 is 0 Å². The van der Waals surface area contributed by atoms with Gasteiger partial charge in [-0.15, -0.1) is 0 Å². The standard InChI is InChI=1S/C32H39N5O3/c1-6-17-37(18-7-2)31(33)36-32(34-23(4)39-19-16-24-13-12-22(3)30(20-24)38-5)35-25-14-15-29-27(21-25)26-10-8-9-11-28(26)40-29/h8-15,20-21H,4,6-7,16-19H2,1-3,5H3,(H3,33,34,35,36). The molecule has 4 rings (SSSR count). The summed E-state index contributed by atoms with van der Waals surface area (Å²) in [4.78, 5) is 11.3.